The zero-order chi connectivity index (χ0) is 24.2. The van der Waals surface area contributed by atoms with Crippen molar-refractivity contribution in [2.24, 2.45) is 22.9 Å². The molecule has 0 heterocycles. The molecule has 2 amide bonds. The second-order valence-corrected chi connectivity index (χ2v) is 7.84. The van der Waals surface area contributed by atoms with E-state index in [-0.39, 0.29) is 47.3 Å². The van der Waals surface area contributed by atoms with Gasteiger partial charge in [0, 0.05) is 46.0 Å². The maximum absolute atomic E-state index is 11.4. The monoisotopic (exact) mass is 444 g/mol. The van der Waals surface area contributed by atoms with Crippen molar-refractivity contribution in [3.8, 4) is 0 Å². The van der Waals surface area contributed by atoms with Gasteiger partial charge in [-0.15, -0.1) is 0 Å². The van der Waals surface area contributed by atoms with Crippen molar-refractivity contribution in [3.05, 3.63) is 78.9 Å². The molecule has 0 aliphatic heterocycles. The maximum atomic E-state index is 11.4. The molecule has 12 nitrogen and oxygen atoms in total. The van der Waals surface area contributed by atoms with E-state index in [1.165, 1.54) is 24.3 Å². The molecule has 170 valence electrons. The van der Waals surface area contributed by atoms with E-state index in [2.05, 4.69) is 0 Å². The molecule has 0 aliphatic carbocycles. The third-order valence-electron chi connectivity index (χ3n) is 5.10. The standard InChI is InChI=1S/C20H24N6O6/c1-20(24,10-13-3-2-11(18(22)27)8-16(13)25(29)30)7-6-15(21)14-5-4-12(19(23)28)9-17(14)26(31)32/h2-5,8-9,15H,6-7,10,21,24H2,1H3,(H2,22,27)(H2,23,28). The lowest BCUT2D eigenvalue weighted by atomic mass is 9.85. The van der Waals surface area contributed by atoms with Crippen LogP contribution in [0.3, 0.4) is 0 Å². The molecule has 0 bridgehead atoms. The summed E-state index contributed by atoms with van der Waals surface area (Å²) in [5, 5.41) is 22.8. The minimum Gasteiger partial charge on any atom is -0.366 e. The second kappa shape index (κ2) is 9.49. The first-order valence-electron chi connectivity index (χ1n) is 9.52. The number of benzene rings is 2. The van der Waals surface area contributed by atoms with E-state index in [9.17, 15) is 29.8 Å². The Morgan fingerprint density at radius 3 is 1.97 bits per heavy atom. The van der Waals surface area contributed by atoms with Gasteiger partial charge in [-0.05, 0) is 44.4 Å². The van der Waals surface area contributed by atoms with E-state index >= 15 is 0 Å². The fourth-order valence-corrected chi connectivity index (χ4v) is 3.37. The third-order valence-corrected chi connectivity index (χ3v) is 5.10. The van der Waals surface area contributed by atoms with Gasteiger partial charge >= 0.3 is 0 Å². The van der Waals surface area contributed by atoms with Crippen molar-refractivity contribution in [1.82, 2.24) is 0 Å². The molecule has 0 aromatic heterocycles. The minimum absolute atomic E-state index is 0.00733. The van der Waals surface area contributed by atoms with Crippen LogP contribution in [0.15, 0.2) is 36.4 Å². The fraction of sp³-hybridized carbons (Fsp3) is 0.300. The van der Waals surface area contributed by atoms with Crippen LogP contribution in [0.2, 0.25) is 0 Å². The van der Waals surface area contributed by atoms with Crippen LogP contribution in [0.1, 0.15) is 57.7 Å². The lowest BCUT2D eigenvalue weighted by Gasteiger charge is -2.26. The van der Waals surface area contributed by atoms with Crippen molar-refractivity contribution in [2.45, 2.75) is 37.8 Å². The summed E-state index contributed by atoms with van der Waals surface area (Å²) in [5.74, 6) is -1.59. The number of rotatable bonds is 10. The van der Waals surface area contributed by atoms with Crippen LogP contribution in [0, 0.1) is 20.2 Å². The molecular formula is C20H24N6O6. The highest BCUT2D eigenvalue weighted by molar-refractivity contribution is 5.94. The highest BCUT2D eigenvalue weighted by atomic mass is 16.6. The summed E-state index contributed by atoms with van der Waals surface area (Å²) >= 11 is 0. The van der Waals surface area contributed by atoms with Gasteiger partial charge in [0.1, 0.15) is 0 Å². The fourth-order valence-electron chi connectivity index (χ4n) is 3.37. The topological polar surface area (TPSA) is 224 Å². The molecule has 2 aromatic rings. The van der Waals surface area contributed by atoms with Crippen molar-refractivity contribution >= 4 is 23.2 Å². The molecule has 8 N–H and O–H groups in total. The first-order chi connectivity index (χ1) is 14.8. The Morgan fingerprint density at radius 2 is 1.47 bits per heavy atom. The first kappa shape index (κ1) is 24.4. The summed E-state index contributed by atoms with van der Waals surface area (Å²) in [6.45, 7) is 1.68. The lowest BCUT2D eigenvalue weighted by molar-refractivity contribution is -0.385. The van der Waals surface area contributed by atoms with Gasteiger partial charge in [0.25, 0.3) is 11.4 Å². The van der Waals surface area contributed by atoms with E-state index < -0.39 is 33.2 Å². The SMILES string of the molecule is CC(N)(CCC(N)c1ccc(C(N)=O)cc1[N+](=O)[O-])Cc1ccc(C(N)=O)cc1[N+](=O)[O-]. The average Bonchev–Trinajstić information content (AvgIpc) is 2.71. The summed E-state index contributed by atoms with van der Waals surface area (Å²) < 4.78 is 0. The summed E-state index contributed by atoms with van der Waals surface area (Å²) in [4.78, 5) is 44.1. The van der Waals surface area contributed by atoms with Gasteiger partial charge in [0.15, 0.2) is 0 Å². The third kappa shape index (κ3) is 5.83. The number of nitrogens with zero attached hydrogens (tertiary/aromatic N) is 2. The average molecular weight is 444 g/mol. The molecule has 32 heavy (non-hydrogen) atoms. The number of carbonyl (C=O) groups excluding carboxylic acids is 2. The Hall–Kier alpha value is -3.90. The maximum Gasteiger partial charge on any atom is 0.274 e. The van der Waals surface area contributed by atoms with Gasteiger partial charge in [0.05, 0.1) is 9.85 Å². The Balaban J connectivity index is 2.20. The van der Waals surface area contributed by atoms with Crippen molar-refractivity contribution < 1.29 is 19.4 Å². The molecule has 0 aliphatic rings. The van der Waals surface area contributed by atoms with Gasteiger partial charge in [-0.1, -0.05) is 6.07 Å². The van der Waals surface area contributed by atoms with Crippen LogP contribution in [0.25, 0.3) is 0 Å². The molecule has 0 saturated heterocycles. The predicted molar refractivity (Wildman–Crippen MR) is 116 cm³/mol. The Kier molecular flexibility index (Phi) is 7.23. The van der Waals surface area contributed by atoms with E-state index in [0.717, 1.165) is 12.1 Å². The van der Waals surface area contributed by atoms with Gasteiger partial charge in [-0.3, -0.25) is 29.8 Å². The van der Waals surface area contributed by atoms with Crippen LogP contribution in [-0.4, -0.2) is 27.2 Å². The number of hydrogen-bond donors (Lipinski definition) is 4. The van der Waals surface area contributed by atoms with Gasteiger partial charge in [-0.2, -0.15) is 0 Å². The van der Waals surface area contributed by atoms with Crippen molar-refractivity contribution in [2.75, 3.05) is 0 Å². The second-order valence-electron chi connectivity index (χ2n) is 7.84. The molecular weight excluding hydrogens is 420 g/mol. The Labute approximate surface area is 182 Å². The van der Waals surface area contributed by atoms with Gasteiger partial charge < -0.3 is 22.9 Å². The van der Waals surface area contributed by atoms with E-state index in [1.807, 2.05) is 0 Å². The molecule has 2 unspecified atom stereocenters. The van der Waals surface area contributed by atoms with Gasteiger partial charge in [-0.25, -0.2) is 0 Å². The van der Waals surface area contributed by atoms with Crippen LogP contribution >= 0.6 is 0 Å². The van der Waals surface area contributed by atoms with E-state index in [0.29, 0.717) is 5.56 Å². The number of primary amides is 2. The molecule has 0 saturated carbocycles. The molecule has 2 rings (SSSR count). The van der Waals surface area contributed by atoms with E-state index in [1.54, 1.807) is 6.92 Å². The first-order valence-corrected chi connectivity index (χ1v) is 9.52. The zero-order valence-corrected chi connectivity index (χ0v) is 17.3. The number of nitrogens with two attached hydrogens (primary N) is 4. The van der Waals surface area contributed by atoms with Crippen molar-refractivity contribution in [1.29, 1.82) is 0 Å². The number of carbonyl (C=O) groups is 2. The largest absolute Gasteiger partial charge is 0.366 e. The van der Waals surface area contributed by atoms with Crippen LogP contribution in [-0.2, 0) is 6.42 Å². The molecule has 0 spiro atoms. The molecule has 2 atom stereocenters. The number of amides is 2. The Morgan fingerprint density at radius 1 is 0.969 bits per heavy atom. The highest BCUT2D eigenvalue weighted by Gasteiger charge is 2.28. The quantitative estimate of drug-likeness (QED) is 0.309. The smallest absolute Gasteiger partial charge is 0.274 e. The van der Waals surface area contributed by atoms with Crippen molar-refractivity contribution in [3.63, 3.8) is 0 Å². The number of nitro groups is 2. The Bertz CT molecular complexity index is 1080. The molecule has 12 heteroatoms. The predicted octanol–water partition coefficient (Wildman–Crippen LogP) is 1.44. The summed E-state index contributed by atoms with van der Waals surface area (Å²) in [6.07, 6.45) is 0.603. The number of nitro benzene ring substituents is 2. The zero-order valence-electron chi connectivity index (χ0n) is 17.3. The normalized spacial score (nSPS) is 13.7. The van der Waals surface area contributed by atoms with Crippen LogP contribution in [0.4, 0.5) is 11.4 Å². The summed E-state index contributed by atoms with van der Waals surface area (Å²) in [5.41, 5.74) is 21.8. The molecule has 0 radical (unpaired) electrons. The highest BCUT2D eigenvalue weighted by Crippen LogP contribution is 2.31. The summed E-state index contributed by atoms with van der Waals surface area (Å²) in [6, 6.07) is 6.95. The summed E-state index contributed by atoms with van der Waals surface area (Å²) in [7, 11) is 0. The molecule has 2 aromatic carbocycles. The van der Waals surface area contributed by atoms with Crippen LogP contribution < -0.4 is 22.9 Å². The lowest BCUT2D eigenvalue weighted by Crippen LogP contribution is -2.39. The number of hydrogen-bond acceptors (Lipinski definition) is 8. The molecule has 0 fully saturated rings. The minimum atomic E-state index is -0.946. The van der Waals surface area contributed by atoms with E-state index in [4.69, 9.17) is 22.9 Å². The van der Waals surface area contributed by atoms with Crippen LogP contribution in [0.5, 0.6) is 0 Å². The van der Waals surface area contributed by atoms with Gasteiger partial charge in [0.2, 0.25) is 11.8 Å².